The molecule has 0 radical (unpaired) electrons. The summed E-state index contributed by atoms with van der Waals surface area (Å²) >= 11 is 1.34. The van der Waals surface area contributed by atoms with Gasteiger partial charge >= 0.3 is 0 Å². The van der Waals surface area contributed by atoms with Gasteiger partial charge in [0.2, 0.25) is 15.7 Å². The monoisotopic (exact) mass is 469 g/mol. The highest BCUT2D eigenvalue weighted by atomic mass is 32.2. The molecule has 4 rings (SSSR count). The third-order valence-corrected chi connectivity index (χ3v) is 8.31. The highest BCUT2D eigenvalue weighted by Gasteiger charge is 2.34. The predicted molar refractivity (Wildman–Crippen MR) is 125 cm³/mol. The second-order valence-electron chi connectivity index (χ2n) is 7.47. The zero-order chi connectivity index (χ0) is 22.9. The molecule has 1 N–H and O–H groups in total. The molecule has 0 spiro atoms. The lowest BCUT2D eigenvalue weighted by Crippen LogP contribution is -2.23. The van der Waals surface area contributed by atoms with Crippen LogP contribution in [0.3, 0.4) is 0 Å². The Morgan fingerprint density at radius 1 is 1.22 bits per heavy atom. The van der Waals surface area contributed by atoms with Crippen LogP contribution in [0.5, 0.6) is 11.5 Å². The second-order valence-corrected chi connectivity index (χ2v) is 10.3. The number of benzene rings is 2. The molecule has 0 saturated carbocycles. The van der Waals surface area contributed by atoms with Gasteiger partial charge in [0.1, 0.15) is 11.5 Å². The van der Waals surface area contributed by atoms with Gasteiger partial charge in [-0.05, 0) is 42.3 Å². The van der Waals surface area contributed by atoms with Gasteiger partial charge in [0.15, 0.2) is 11.5 Å². The molecule has 0 unspecified atom stereocenters. The Morgan fingerprint density at radius 2 is 2.03 bits per heavy atom. The van der Waals surface area contributed by atoms with Crippen LogP contribution in [0, 0.1) is 6.92 Å². The zero-order valence-corrected chi connectivity index (χ0v) is 19.4. The standard InChI is InChI=1S/C24H23NO5S2/c1-4-10-30-19-9-8-16(12-20(19)29-3)18-13-22(26)25-23-21(14-31-24(18)23)32(27,28)17-7-5-6-15(2)11-17/h4-9,11-12,14,18H,1,10,13H2,2-3H3,(H,25,26)/t18-/m0/s1. The summed E-state index contributed by atoms with van der Waals surface area (Å²) < 4.78 is 37.7. The van der Waals surface area contributed by atoms with Gasteiger partial charge in [0.05, 0.1) is 17.7 Å². The fourth-order valence-electron chi connectivity index (χ4n) is 3.75. The average molecular weight is 470 g/mol. The number of hydrogen-bond acceptors (Lipinski definition) is 6. The van der Waals surface area contributed by atoms with E-state index in [9.17, 15) is 13.2 Å². The van der Waals surface area contributed by atoms with E-state index in [1.807, 2.05) is 25.1 Å². The van der Waals surface area contributed by atoms with Gasteiger partial charge < -0.3 is 14.8 Å². The van der Waals surface area contributed by atoms with E-state index in [1.54, 1.807) is 42.8 Å². The molecule has 8 heteroatoms. The molecule has 6 nitrogen and oxygen atoms in total. The number of aryl methyl sites for hydroxylation is 1. The van der Waals surface area contributed by atoms with E-state index >= 15 is 0 Å². The summed E-state index contributed by atoms with van der Waals surface area (Å²) in [6.07, 6.45) is 1.86. The predicted octanol–water partition coefficient (Wildman–Crippen LogP) is 4.94. The van der Waals surface area contributed by atoms with Gasteiger partial charge in [-0.25, -0.2) is 8.42 Å². The van der Waals surface area contributed by atoms with E-state index in [0.717, 1.165) is 16.0 Å². The molecule has 0 aliphatic carbocycles. The third-order valence-electron chi connectivity index (χ3n) is 5.29. The Balaban J connectivity index is 1.77. The molecule has 1 aliphatic heterocycles. The van der Waals surface area contributed by atoms with Crippen molar-refractivity contribution in [1.82, 2.24) is 0 Å². The highest BCUT2D eigenvalue weighted by molar-refractivity contribution is 7.91. The summed E-state index contributed by atoms with van der Waals surface area (Å²) in [6.45, 7) is 5.83. The van der Waals surface area contributed by atoms with Crippen molar-refractivity contribution in [2.75, 3.05) is 19.0 Å². The van der Waals surface area contributed by atoms with E-state index in [0.29, 0.717) is 23.8 Å². The van der Waals surface area contributed by atoms with Crippen LogP contribution in [0.1, 0.15) is 28.3 Å². The van der Waals surface area contributed by atoms with Crippen LogP contribution < -0.4 is 14.8 Å². The number of sulfone groups is 1. The van der Waals surface area contributed by atoms with Gasteiger partial charge in [0, 0.05) is 22.6 Å². The van der Waals surface area contributed by atoms with E-state index in [1.165, 1.54) is 11.3 Å². The van der Waals surface area contributed by atoms with Crippen molar-refractivity contribution in [1.29, 1.82) is 0 Å². The molecule has 3 aromatic rings. The number of nitrogens with one attached hydrogen (secondary N) is 1. The van der Waals surface area contributed by atoms with Crippen molar-refractivity contribution in [3.05, 3.63) is 76.5 Å². The number of carbonyl (C=O) groups excluding carboxylic acids is 1. The molecule has 0 bridgehead atoms. The van der Waals surface area contributed by atoms with Gasteiger partial charge in [-0.1, -0.05) is 30.9 Å². The Morgan fingerprint density at radius 3 is 2.75 bits per heavy atom. The van der Waals surface area contributed by atoms with Crippen LogP contribution in [0.15, 0.2) is 70.3 Å². The average Bonchev–Trinajstić information content (AvgIpc) is 3.21. The summed E-state index contributed by atoms with van der Waals surface area (Å²) in [5, 5.41) is 4.40. The lowest BCUT2D eigenvalue weighted by Gasteiger charge is -2.24. The first kappa shape index (κ1) is 22.1. The lowest BCUT2D eigenvalue weighted by atomic mass is 9.90. The van der Waals surface area contributed by atoms with Crippen molar-refractivity contribution < 1.29 is 22.7 Å². The summed E-state index contributed by atoms with van der Waals surface area (Å²) in [4.78, 5) is 13.7. The zero-order valence-electron chi connectivity index (χ0n) is 17.8. The second kappa shape index (κ2) is 8.80. The first-order valence-electron chi connectivity index (χ1n) is 9.99. The van der Waals surface area contributed by atoms with Crippen molar-refractivity contribution >= 4 is 32.8 Å². The third kappa shape index (κ3) is 4.03. The van der Waals surface area contributed by atoms with Crippen LogP contribution >= 0.6 is 11.3 Å². The number of rotatable bonds is 7. The van der Waals surface area contributed by atoms with Crippen molar-refractivity contribution in [3.8, 4) is 11.5 Å². The smallest absolute Gasteiger partial charge is 0.225 e. The Bertz CT molecular complexity index is 1290. The molecule has 0 saturated heterocycles. The van der Waals surface area contributed by atoms with E-state index < -0.39 is 9.84 Å². The number of hydrogen-bond donors (Lipinski definition) is 1. The largest absolute Gasteiger partial charge is 0.493 e. The fraction of sp³-hybridized carbons (Fsp3) is 0.208. The van der Waals surface area contributed by atoms with E-state index in [4.69, 9.17) is 9.47 Å². The van der Waals surface area contributed by atoms with Gasteiger partial charge in [-0.2, -0.15) is 0 Å². The molecule has 1 atom stereocenters. The molecule has 1 aliphatic rings. The normalized spacial score (nSPS) is 15.6. The molecule has 1 aromatic heterocycles. The van der Waals surface area contributed by atoms with Crippen molar-refractivity contribution in [2.24, 2.45) is 0 Å². The maximum Gasteiger partial charge on any atom is 0.225 e. The molecule has 2 aromatic carbocycles. The summed E-state index contributed by atoms with van der Waals surface area (Å²) in [7, 11) is -2.22. The number of anilines is 1. The molecule has 32 heavy (non-hydrogen) atoms. The summed E-state index contributed by atoms with van der Waals surface area (Å²) in [5.74, 6) is 0.603. The summed E-state index contributed by atoms with van der Waals surface area (Å²) in [6, 6.07) is 12.3. The molecule has 1 amide bonds. The number of carbonyl (C=O) groups is 1. The minimum atomic E-state index is -3.78. The minimum absolute atomic E-state index is 0.124. The highest BCUT2D eigenvalue weighted by Crippen LogP contribution is 2.47. The van der Waals surface area contributed by atoms with Crippen LogP contribution in [0.25, 0.3) is 0 Å². The first-order valence-corrected chi connectivity index (χ1v) is 12.4. The molecular formula is C24H23NO5S2. The van der Waals surface area contributed by atoms with E-state index in [-0.39, 0.29) is 28.0 Å². The van der Waals surface area contributed by atoms with Crippen LogP contribution in [-0.4, -0.2) is 28.0 Å². The van der Waals surface area contributed by atoms with Crippen LogP contribution in [0.2, 0.25) is 0 Å². The number of thiophene rings is 1. The quantitative estimate of drug-likeness (QED) is 0.496. The first-order chi connectivity index (χ1) is 15.3. The molecule has 0 fully saturated rings. The SMILES string of the molecule is C=CCOc1ccc([C@@H]2CC(=O)Nc3c(S(=O)(=O)c4cccc(C)c4)csc32)cc1OC. The fourth-order valence-corrected chi connectivity index (χ4v) is 6.76. The van der Waals surface area contributed by atoms with Crippen LogP contribution in [-0.2, 0) is 14.6 Å². The summed E-state index contributed by atoms with van der Waals surface area (Å²) in [5.41, 5.74) is 2.07. The molecular weight excluding hydrogens is 446 g/mol. The number of ether oxygens (including phenoxy) is 2. The number of methoxy groups -OCH3 is 1. The topological polar surface area (TPSA) is 81.7 Å². The van der Waals surface area contributed by atoms with Crippen molar-refractivity contribution in [3.63, 3.8) is 0 Å². The maximum atomic E-state index is 13.3. The Hall–Kier alpha value is -3.10. The van der Waals surface area contributed by atoms with Crippen molar-refractivity contribution in [2.45, 2.75) is 29.1 Å². The Kier molecular flexibility index (Phi) is 6.08. The number of amides is 1. The van der Waals surface area contributed by atoms with Gasteiger partial charge in [-0.3, -0.25) is 4.79 Å². The van der Waals surface area contributed by atoms with Gasteiger partial charge in [-0.15, -0.1) is 11.3 Å². The van der Waals surface area contributed by atoms with Crippen LogP contribution in [0.4, 0.5) is 5.69 Å². The van der Waals surface area contributed by atoms with E-state index in [2.05, 4.69) is 11.9 Å². The lowest BCUT2D eigenvalue weighted by molar-refractivity contribution is -0.116. The molecule has 2 heterocycles. The Labute approximate surface area is 191 Å². The molecule has 166 valence electrons. The minimum Gasteiger partial charge on any atom is -0.493 e. The van der Waals surface area contributed by atoms with Gasteiger partial charge in [0.25, 0.3) is 0 Å². The maximum absolute atomic E-state index is 13.3. The number of fused-ring (bicyclic) bond motifs is 1.